The van der Waals surface area contributed by atoms with Crippen LogP contribution in [0.25, 0.3) is 0 Å². The number of nitrogens with one attached hydrogen (secondary N) is 1. The van der Waals surface area contributed by atoms with Gasteiger partial charge >= 0.3 is 18.0 Å². The molecular weight excluding hydrogens is 710 g/mol. The predicted molar refractivity (Wildman–Crippen MR) is 196 cm³/mol. The lowest BCUT2D eigenvalue weighted by atomic mass is 9.84. The summed E-state index contributed by atoms with van der Waals surface area (Å²) in [5.74, 6) is -2.47. The number of benzene rings is 1. The highest BCUT2D eigenvalue weighted by molar-refractivity contribution is 6.35. The second kappa shape index (κ2) is 17.8. The maximum absolute atomic E-state index is 14.1. The van der Waals surface area contributed by atoms with Crippen molar-refractivity contribution in [3.8, 4) is 5.75 Å². The number of nitrogens with zero attached hydrogens (tertiary/aromatic N) is 2. The van der Waals surface area contributed by atoms with Gasteiger partial charge in [0, 0.05) is 46.4 Å². The number of rotatable bonds is 10. The van der Waals surface area contributed by atoms with E-state index in [-0.39, 0.29) is 36.1 Å². The number of esters is 1. The van der Waals surface area contributed by atoms with Crippen LogP contribution in [0.5, 0.6) is 5.75 Å². The third-order valence-electron chi connectivity index (χ3n) is 10.5. The summed E-state index contributed by atoms with van der Waals surface area (Å²) in [6, 6.07) is 2.19. The number of unbranched alkanes of at least 4 members (excludes halogenated alkanes) is 1. The largest absolute Gasteiger partial charge is 0.495 e. The lowest BCUT2D eigenvalue weighted by Gasteiger charge is -2.36. The fourth-order valence-corrected chi connectivity index (χ4v) is 7.21. The van der Waals surface area contributed by atoms with Crippen LogP contribution in [0.15, 0.2) is 35.9 Å². The second-order valence-electron chi connectivity index (χ2n) is 14.3. The maximum atomic E-state index is 14.1. The Balaban J connectivity index is 1.68. The molecule has 1 aromatic rings. The normalized spacial score (nSPS) is 29.7. The minimum Gasteiger partial charge on any atom is -0.495 e. The van der Waals surface area contributed by atoms with Crippen molar-refractivity contribution in [3.63, 3.8) is 0 Å². The quantitative estimate of drug-likeness (QED) is 0.190. The summed E-state index contributed by atoms with van der Waals surface area (Å²) >= 11 is 6.75. The molecule has 3 heterocycles. The van der Waals surface area contributed by atoms with Gasteiger partial charge in [-0.1, -0.05) is 42.3 Å². The number of carboxylic acid groups (broad SMARTS) is 1. The molecule has 2 saturated heterocycles. The number of methoxy groups -OCH3 is 2. The number of carbonyl (C=O) groups is 5. The van der Waals surface area contributed by atoms with Crippen molar-refractivity contribution in [3.05, 3.63) is 46.5 Å². The molecule has 0 radical (unpaired) electrons. The Bertz CT molecular complexity index is 1620. The molecule has 3 amide bonds. The molecule has 0 aliphatic carbocycles. The number of alkyl carbamates (subject to hydrolysis) is 1. The van der Waals surface area contributed by atoms with Crippen molar-refractivity contribution in [1.82, 2.24) is 10.2 Å². The van der Waals surface area contributed by atoms with Crippen LogP contribution in [0.1, 0.15) is 71.8 Å². The summed E-state index contributed by atoms with van der Waals surface area (Å²) in [6.45, 7) is 7.12. The van der Waals surface area contributed by atoms with Crippen molar-refractivity contribution in [2.75, 3.05) is 33.2 Å². The highest BCUT2D eigenvalue weighted by Crippen LogP contribution is 2.49. The van der Waals surface area contributed by atoms with Gasteiger partial charge in [-0.25, -0.2) is 9.59 Å². The van der Waals surface area contributed by atoms with E-state index in [0.717, 1.165) is 11.1 Å². The smallest absolute Gasteiger partial charge is 0.407 e. The Kier molecular flexibility index (Phi) is 14.0. The molecule has 0 saturated carbocycles. The molecule has 0 aromatic heterocycles. The van der Waals surface area contributed by atoms with Gasteiger partial charge in [0.1, 0.15) is 34.6 Å². The third-order valence-corrected chi connectivity index (χ3v) is 10.9. The van der Waals surface area contributed by atoms with Gasteiger partial charge in [-0.15, -0.1) is 0 Å². The molecule has 2 N–H and O–H groups in total. The number of fused-ring (bicyclic) bond motifs is 5. The van der Waals surface area contributed by atoms with E-state index >= 15 is 0 Å². The molecule has 8 atom stereocenters. The number of carboxylic acids is 1. The highest BCUT2D eigenvalue weighted by atomic mass is 35.5. The first-order valence-electron chi connectivity index (χ1n) is 17.8. The summed E-state index contributed by atoms with van der Waals surface area (Å²) in [7, 11) is 6.12. The topological polar surface area (TPSA) is 174 Å². The van der Waals surface area contributed by atoms with Gasteiger partial charge in [0.2, 0.25) is 11.8 Å². The summed E-state index contributed by atoms with van der Waals surface area (Å²) in [5.41, 5.74) is 1.07. The standard InChI is InChI=1S/C38H52ClN3O11/c1-21-12-11-13-27(49-7)25-19-28(51-37(48)40-25)22(2)35-38(4,53-35)30(52-36(47)23(3)41(5)31(43)14-9-10-15-33(45)46)20-32(44)42(6)26-17-24(16-21)18-29(50-8)34(26)39/h11-13,17-18,22-23,25,27-28,30,35H,9-10,14-16,19-20H2,1-8H3,(H,40,48)(H,45,46)/b13-11+,21-12+/t22-,23+,25-,27-,28+,30+,35+,38+/m1/s1. The number of ether oxygens (including phenoxy) is 5. The molecular formula is C38H52ClN3O11. The van der Waals surface area contributed by atoms with Crippen molar-refractivity contribution >= 4 is 47.1 Å². The van der Waals surface area contributed by atoms with Gasteiger partial charge in [-0.3, -0.25) is 14.4 Å². The number of hydrogen-bond acceptors (Lipinski definition) is 10. The number of anilines is 1. The number of aliphatic carboxylic acids is 1. The van der Waals surface area contributed by atoms with Crippen LogP contribution in [-0.4, -0.2) is 110 Å². The molecule has 14 nitrogen and oxygen atoms in total. The van der Waals surface area contributed by atoms with Crippen LogP contribution in [0.3, 0.4) is 0 Å². The number of likely N-dealkylation sites (N-methyl/N-ethyl adjacent to an activating group) is 1. The van der Waals surface area contributed by atoms with Gasteiger partial charge in [0.25, 0.3) is 0 Å². The Labute approximate surface area is 315 Å². The first-order valence-corrected chi connectivity index (χ1v) is 18.2. The number of allylic oxidation sites excluding steroid dienone is 3. The highest BCUT2D eigenvalue weighted by Gasteiger charge is 2.64. The van der Waals surface area contributed by atoms with Crippen LogP contribution in [0.4, 0.5) is 10.5 Å². The monoisotopic (exact) mass is 761 g/mol. The van der Waals surface area contributed by atoms with E-state index in [9.17, 15) is 24.0 Å². The number of hydrogen-bond donors (Lipinski definition) is 2. The molecule has 53 heavy (non-hydrogen) atoms. The molecule has 292 valence electrons. The Morgan fingerprint density at radius 3 is 2.55 bits per heavy atom. The summed E-state index contributed by atoms with van der Waals surface area (Å²) < 4.78 is 29.4. The molecule has 0 spiro atoms. The average molecular weight is 762 g/mol. The first-order chi connectivity index (χ1) is 25.0. The Morgan fingerprint density at radius 2 is 1.89 bits per heavy atom. The number of halogens is 1. The molecule has 3 aliphatic rings. The van der Waals surface area contributed by atoms with Gasteiger partial charge in [0.15, 0.2) is 0 Å². The zero-order chi connectivity index (χ0) is 39.2. The Hall–Kier alpha value is -4.14. The predicted octanol–water partition coefficient (Wildman–Crippen LogP) is 4.84. The Morgan fingerprint density at radius 1 is 1.19 bits per heavy atom. The van der Waals surface area contributed by atoms with Crippen molar-refractivity contribution in [2.45, 2.75) is 115 Å². The zero-order valence-electron chi connectivity index (χ0n) is 31.7. The molecule has 1 aromatic carbocycles. The maximum Gasteiger partial charge on any atom is 0.407 e. The summed E-state index contributed by atoms with van der Waals surface area (Å²) in [5, 5.41) is 12.0. The number of epoxide rings is 1. The van der Waals surface area contributed by atoms with E-state index in [1.165, 1.54) is 30.9 Å². The second-order valence-corrected chi connectivity index (χ2v) is 14.7. The molecule has 0 unspecified atom stereocenters. The minimum absolute atomic E-state index is 0.0583. The van der Waals surface area contributed by atoms with E-state index in [4.69, 9.17) is 40.4 Å². The lowest BCUT2D eigenvalue weighted by Crippen LogP contribution is -2.53. The summed E-state index contributed by atoms with van der Waals surface area (Å²) in [6.07, 6.45) is 3.67. The van der Waals surface area contributed by atoms with Crippen LogP contribution < -0.4 is 15.0 Å². The summed E-state index contributed by atoms with van der Waals surface area (Å²) in [4.78, 5) is 67.0. The fourth-order valence-electron chi connectivity index (χ4n) is 6.89. The van der Waals surface area contributed by atoms with Crippen LogP contribution in [0.2, 0.25) is 5.02 Å². The minimum atomic E-state index is -1.16. The molecule has 3 aliphatic heterocycles. The van der Waals surface area contributed by atoms with E-state index in [1.807, 2.05) is 44.2 Å². The van der Waals surface area contributed by atoms with Gasteiger partial charge in [-0.2, -0.15) is 0 Å². The number of carbonyl (C=O) groups excluding carboxylic acids is 4. The first kappa shape index (κ1) is 41.6. The fraction of sp³-hybridized carbons (Fsp3) is 0.605. The SMILES string of the molecule is COc1cc2cc(c1Cl)N(C)C(=O)C[C@H](OC(=O)[C@H](C)N(C)C(=O)CCCCC(=O)O)[C@]1(C)O[C@H]1[C@H](C)[C@@H]1C[C@@H](NC(=O)O1)[C@H](OC)/C=C/C=C(\C)C2. The lowest BCUT2D eigenvalue weighted by molar-refractivity contribution is -0.162. The van der Waals surface area contributed by atoms with Crippen molar-refractivity contribution < 1.29 is 52.8 Å². The van der Waals surface area contributed by atoms with Crippen LogP contribution in [-0.2, 0) is 44.5 Å². The van der Waals surface area contributed by atoms with Gasteiger partial charge < -0.3 is 43.9 Å². The molecule has 4 rings (SSSR count). The molecule has 2 fully saturated rings. The number of amides is 3. The molecule has 4 bridgehead atoms. The zero-order valence-corrected chi connectivity index (χ0v) is 32.4. The van der Waals surface area contributed by atoms with E-state index in [1.54, 1.807) is 21.1 Å². The van der Waals surface area contributed by atoms with Gasteiger partial charge in [0.05, 0.1) is 37.5 Å². The van der Waals surface area contributed by atoms with Crippen LogP contribution in [0, 0.1) is 5.92 Å². The average Bonchev–Trinajstić information content (AvgIpc) is 3.82. The van der Waals surface area contributed by atoms with Crippen LogP contribution >= 0.6 is 11.6 Å². The molecule has 15 heteroatoms. The van der Waals surface area contributed by atoms with Crippen molar-refractivity contribution in [1.29, 1.82) is 0 Å². The third kappa shape index (κ3) is 10.1. The van der Waals surface area contributed by atoms with E-state index in [2.05, 4.69) is 5.32 Å². The van der Waals surface area contributed by atoms with E-state index < -0.39 is 66.0 Å². The van der Waals surface area contributed by atoms with Crippen molar-refractivity contribution in [2.24, 2.45) is 5.92 Å². The van der Waals surface area contributed by atoms with Gasteiger partial charge in [-0.05, 0) is 57.7 Å². The van der Waals surface area contributed by atoms with E-state index in [0.29, 0.717) is 37.1 Å².